The van der Waals surface area contributed by atoms with E-state index in [0.717, 1.165) is 9.66 Å². The number of thioether (sulfide) groups is 1. The second-order valence-corrected chi connectivity index (χ2v) is 5.87. The summed E-state index contributed by atoms with van der Waals surface area (Å²) in [5.74, 6) is -0.143. The van der Waals surface area contributed by atoms with Gasteiger partial charge in [0.15, 0.2) is 0 Å². The van der Waals surface area contributed by atoms with Crippen molar-refractivity contribution in [2.24, 2.45) is 0 Å². The van der Waals surface area contributed by atoms with Gasteiger partial charge in [-0.2, -0.15) is 0 Å². The lowest BCUT2D eigenvalue weighted by Gasteiger charge is -2.05. The monoisotopic (exact) mass is 300 g/mol. The molecule has 21 heavy (non-hydrogen) atoms. The minimum atomic E-state index is -0.180. The maximum Gasteiger partial charge on any atom is 0.271 e. The Labute approximate surface area is 126 Å². The molecule has 0 bridgehead atoms. The molecule has 1 aromatic heterocycles. The van der Waals surface area contributed by atoms with Gasteiger partial charge in [-0.05, 0) is 30.0 Å². The number of rotatable bonds is 4. The molecule has 5 nitrogen and oxygen atoms in total. The first-order valence-corrected chi connectivity index (χ1v) is 7.54. The lowest BCUT2D eigenvalue weighted by molar-refractivity contribution is -0.476. The van der Waals surface area contributed by atoms with Gasteiger partial charge < -0.3 is 5.32 Å². The second-order valence-electron chi connectivity index (χ2n) is 4.65. The van der Waals surface area contributed by atoms with Crippen LogP contribution in [0.5, 0.6) is 0 Å². The Morgan fingerprint density at radius 1 is 1.24 bits per heavy atom. The summed E-state index contributed by atoms with van der Waals surface area (Å²) in [4.78, 5) is 28.9. The number of nitroso groups, excluding NO2 is 1. The van der Waals surface area contributed by atoms with Gasteiger partial charge in [-0.25, -0.2) is 0 Å². The third kappa shape index (κ3) is 2.95. The van der Waals surface area contributed by atoms with Crippen LogP contribution in [0.2, 0.25) is 0 Å². The molecule has 3 rings (SSSR count). The largest absolute Gasteiger partial charge is 0.352 e. The quantitative estimate of drug-likeness (QED) is 0.882. The zero-order valence-electron chi connectivity index (χ0n) is 11.2. The maximum atomic E-state index is 12.1. The van der Waals surface area contributed by atoms with E-state index in [2.05, 4.69) is 10.3 Å². The highest BCUT2D eigenvalue weighted by Crippen LogP contribution is 2.42. The molecule has 0 radical (unpaired) electrons. The third-order valence-corrected chi connectivity index (χ3v) is 4.55. The Morgan fingerprint density at radius 3 is 2.76 bits per heavy atom. The SMILES string of the molecule is O=C(NCCC1Sc2ccccc2[N+]1=O)c1ccncc1. The minimum Gasteiger partial charge on any atom is -0.352 e. The molecule has 1 atom stereocenters. The summed E-state index contributed by atoms with van der Waals surface area (Å²) in [6.07, 6.45) is 3.76. The summed E-state index contributed by atoms with van der Waals surface area (Å²) in [6.45, 7) is 0.464. The number of pyridine rings is 1. The van der Waals surface area contributed by atoms with Crippen molar-refractivity contribution < 1.29 is 9.55 Å². The summed E-state index contributed by atoms with van der Waals surface area (Å²) >= 11 is 1.54. The Balaban J connectivity index is 1.54. The summed E-state index contributed by atoms with van der Waals surface area (Å²) in [7, 11) is 0. The number of amides is 1. The van der Waals surface area contributed by atoms with Crippen molar-refractivity contribution in [3.63, 3.8) is 0 Å². The van der Waals surface area contributed by atoms with E-state index in [1.165, 1.54) is 0 Å². The molecule has 1 aromatic carbocycles. The number of carbonyl (C=O) groups excluding carboxylic acids is 1. The number of hydrogen-bond acceptors (Lipinski definition) is 4. The van der Waals surface area contributed by atoms with Gasteiger partial charge in [0.1, 0.15) is 0 Å². The molecule has 1 aliphatic rings. The third-order valence-electron chi connectivity index (χ3n) is 3.25. The number of nitrogens with one attached hydrogen (secondary N) is 1. The molecule has 1 amide bonds. The van der Waals surface area contributed by atoms with Crippen LogP contribution in [-0.4, -0.2) is 27.6 Å². The molecule has 1 unspecified atom stereocenters. The Kier molecular flexibility index (Phi) is 3.96. The normalized spacial score (nSPS) is 16.6. The molecule has 0 spiro atoms. The van der Waals surface area contributed by atoms with E-state index < -0.39 is 0 Å². The van der Waals surface area contributed by atoms with Crippen molar-refractivity contribution in [2.45, 2.75) is 16.7 Å². The Morgan fingerprint density at radius 2 is 2.00 bits per heavy atom. The van der Waals surface area contributed by atoms with Crippen molar-refractivity contribution in [3.8, 4) is 0 Å². The maximum absolute atomic E-state index is 12.1. The molecule has 1 N–H and O–H groups in total. The van der Waals surface area contributed by atoms with Crippen LogP contribution in [-0.2, 0) is 0 Å². The number of para-hydroxylation sites is 1. The van der Waals surface area contributed by atoms with E-state index in [4.69, 9.17) is 0 Å². The van der Waals surface area contributed by atoms with E-state index in [9.17, 15) is 9.70 Å². The lowest BCUT2D eigenvalue weighted by Crippen LogP contribution is -2.27. The van der Waals surface area contributed by atoms with Gasteiger partial charge in [0, 0.05) is 41.9 Å². The first-order chi connectivity index (χ1) is 10.3. The van der Waals surface area contributed by atoms with Crippen molar-refractivity contribution in [3.05, 3.63) is 59.3 Å². The van der Waals surface area contributed by atoms with Crippen LogP contribution < -0.4 is 5.32 Å². The van der Waals surface area contributed by atoms with Gasteiger partial charge in [-0.1, -0.05) is 12.1 Å². The smallest absolute Gasteiger partial charge is 0.271 e. The van der Waals surface area contributed by atoms with E-state index in [-0.39, 0.29) is 11.3 Å². The van der Waals surface area contributed by atoms with Crippen molar-refractivity contribution in [1.82, 2.24) is 10.3 Å². The predicted molar refractivity (Wildman–Crippen MR) is 80.6 cm³/mol. The summed E-state index contributed by atoms with van der Waals surface area (Å²) in [6, 6.07) is 10.9. The van der Waals surface area contributed by atoms with Gasteiger partial charge in [-0.15, -0.1) is 0 Å². The van der Waals surface area contributed by atoms with Crippen molar-refractivity contribution >= 4 is 23.4 Å². The van der Waals surface area contributed by atoms with Crippen LogP contribution >= 0.6 is 11.8 Å². The van der Waals surface area contributed by atoms with Gasteiger partial charge in [0.05, 0.1) is 9.66 Å². The fraction of sp³-hybridized carbons (Fsp3) is 0.200. The van der Waals surface area contributed by atoms with Crippen molar-refractivity contribution in [2.75, 3.05) is 6.54 Å². The predicted octanol–water partition coefficient (Wildman–Crippen LogP) is 2.74. The van der Waals surface area contributed by atoms with Crippen LogP contribution in [0, 0.1) is 4.91 Å². The molecule has 0 aliphatic carbocycles. The van der Waals surface area contributed by atoms with Gasteiger partial charge in [-0.3, -0.25) is 9.78 Å². The molecule has 1 aliphatic heterocycles. The summed E-state index contributed by atoms with van der Waals surface area (Å²) < 4.78 is 1.03. The van der Waals surface area contributed by atoms with Crippen LogP contribution in [0.3, 0.4) is 0 Å². The average molecular weight is 300 g/mol. The Hall–Kier alpha value is -2.21. The van der Waals surface area contributed by atoms with E-state index in [1.807, 2.05) is 24.3 Å². The number of aromatic nitrogens is 1. The Bertz CT molecular complexity index is 676. The second kappa shape index (κ2) is 6.05. The molecule has 2 heterocycles. The lowest BCUT2D eigenvalue weighted by atomic mass is 10.2. The standard InChI is InChI=1S/C15H13N3O2S/c19-15(11-5-8-16-9-6-11)17-10-7-14-18(20)12-3-1-2-4-13(12)21-14/h1-6,8-9,14H,7,10H2/p+1. The van der Waals surface area contributed by atoms with E-state index >= 15 is 0 Å². The number of nitrogens with zero attached hydrogens (tertiary/aromatic N) is 2. The molecule has 6 heteroatoms. The summed E-state index contributed by atoms with van der Waals surface area (Å²) in [5.41, 5.74) is 1.29. The summed E-state index contributed by atoms with van der Waals surface area (Å²) in [5, 5.41) is 2.65. The van der Waals surface area contributed by atoms with Gasteiger partial charge >= 0.3 is 0 Å². The number of hydrogen-bond donors (Lipinski definition) is 1. The highest BCUT2D eigenvalue weighted by atomic mass is 32.2. The molecule has 0 saturated carbocycles. The highest BCUT2D eigenvalue weighted by Gasteiger charge is 2.38. The minimum absolute atomic E-state index is 0.143. The molecule has 0 saturated heterocycles. The first-order valence-electron chi connectivity index (χ1n) is 6.66. The van der Waals surface area contributed by atoms with Crippen LogP contribution in [0.1, 0.15) is 16.8 Å². The molecule has 0 fully saturated rings. The molecule has 106 valence electrons. The van der Waals surface area contributed by atoms with Gasteiger partial charge in [0.25, 0.3) is 17.0 Å². The molecule has 2 aromatic rings. The topological polar surface area (TPSA) is 62.1 Å². The van der Waals surface area contributed by atoms with Crippen molar-refractivity contribution in [1.29, 1.82) is 0 Å². The van der Waals surface area contributed by atoms with Gasteiger partial charge in [0.2, 0.25) is 0 Å². The fourth-order valence-electron chi connectivity index (χ4n) is 2.18. The number of carbonyl (C=O) groups is 1. The van der Waals surface area contributed by atoms with E-state index in [0.29, 0.717) is 24.2 Å². The molecular weight excluding hydrogens is 286 g/mol. The molecular formula is C15H14N3O2S+. The average Bonchev–Trinajstić information content (AvgIpc) is 2.85. The van der Waals surface area contributed by atoms with Crippen LogP contribution in [0.25, 0.3) is 0 Å². The van der Waals surface area contributed by atoms with Crippen LogP contribution in [0.15, 0.2) is 53.7 Å². The van der Waals surface area contributed by atoms with Crippen LogP contribution in [0.4, 0.5) is 5.69 Å². The number of fused-ring (bicyclic) bond motifs is 1. The fourth-order valence-corrected chi connectivity index (χ4v) is 3.35. The number of benzene rings is 1. The zero-order chi connectivity index (χ0) is 14.7. The highest BCUT2D eigenvalue weighted by molar-refractivity contribution is 8.00. The zero-order valence-corrected chi connectivity index (χ0v) is 12.0. The van der Waals surface area contributed by atoms with E-state index in [1.54, 1.807) is 36.3 Å². The first kappa shape index (κ1) is 13.8.